The van der Waals surface area contributed by atoms with Crippen LogP contribution in [0.1, 0.15) is 20.3 Å². The highest BCUT2D eigenvalue weighted by atomic mass is 79.9. The lowest BCUT2D eigenvalue weighted by atomic mass is 10.3. The van der Waals surface area contributed by atoms with Crippen LogP contribution in [-0.4, -0.2) is 13.2 Å². The maximum Gasteiger partial charge on any atom is 0.161 e. The standard InChI is InChI=1S/C11H15BrO2/c1-4-8(2)14-10-6-5-9(12)7-11(10)13-3/h5-8H,4H2,1-3H3. The SMILES string of the molecule is CCC(C)Oc1ccc(Br)cc1OC. The van der Waals surface area contributed by atoms with Crippen LogP contribution < -0.4 is 9.47 Å². The maximum atomic E-state index is 5.69. The molecule has 0 saturated heterocycles. The number of halogens is 1. The van der Waals surface area contributed by atoms with Gasteiger partial charge in [-0.1, -0.05) is 22.9 Å². The molecule has 1 aromatic rings. The second-order valence-corrected chi connectivity index (χ2v) is 4.05. The van der Waals surface area contributed by atoms with Gasteiger partial charge in [0.25, 0.3) is 0 Å². The summed E-state index contributed by atoms with van der Waals surface area (Å²) in [6, 6.07) is 5.76. The van der Waals surface area contributed by atoms with E-state index in [0.717, 1.165) is 22.4 Å². The minimum Gasteiger partial charge on any atom is -0.493 e. The molecule has 1 rings (SSSR count). The molecule has 0 amide bonds. The summed E-state index contributed by atoms with van der Waals surface area (Å²) in [5.41, 5.74) is 0. The van der Waals surface area contributed by atoms with Crippen molar-refractivity contribution in [3.8, 4) is 11.5 Å². The van der Waals surface area contributed by atoms with Crippen molar-refractivity contribution >= 4 is 15.9 Å². The molecule has 1 atom stereocenters. The van der Waals surface area contributed by atoms with Crippen molar-refractivity contribution in [3.63, 3.8) is 0 Å². The molecule has 0 saturated carbocycles. The molecule has 0 spiro atoms. The molecule has 0 aliphatic carbocycles. The zero-order valence-electron chi connectivity index (χ0n) is 8.71. The molecule has 0 aromatic heterocycles. The van der Waals surface area contributed by atoms with Gasteiger partial charge in [0.2, 0.25) is 0 Å². The number of methoxy groups -OCH3 is 1. The summed E-state index contributed by atoms with van der Waals surface area (Å²) in [6.45, 7) is 4.14. The second-order valence-electron chi connectivity index (χ2n) is 3.13. The number of ether oxygens (including phenoxy) is 2. The predicted octanol–water partition coefficient (Wildman–Crippen LogP) is 3.64. The molecule has 2 nitrogen and oxygen atoms in total. The number of hydrogen-bond donors (Lipinski definition) is 0. The van der Waals surface area contributed by atoms with Gasteiger partial charge in [0.05, 0.1) is 13.2 Å². The summed E-state index contributed by atoms with van der Waals surface area (Å²) >= 11 is 3.38. The Labute approximate surface area is 93.4 Å². The maximum absolute atomic E-state index is 5.69. The lowest BCUT2D eigenvalue weighted by Crippen LogP contribution is -2.10. The van der Waals surface area contributed by atoms with Crippen LogP contribution >= 0.6 is 15.9 Å². The third-order valence-corrected chi connectivity index (χ3v) is 2.52. The van der Waals surface area contributed by atoms with E-state index in [4.69, 9.17) is 9.47 Å². The van der Waals surface area contributed by atoms with Crippen LogP contribution in [0.25, 0.3) is 0 Å². The van der Waals surface area contributed by atoms with E-state index < -0.39 is 0 Å². The fourth-order valence-electron chi connectivity index (χ4n) is 1.04. The Hall–Kier alpha value is -0.700. The van der Waals surface area contributed by atoms with Gasteiger partial charge in [0, 0.05) is 4.47 Å². The zero-order valence-corrected chi connectivity index (χ0v) is 10.3. The van der Waals surface area contributed by atoms with Gasteiger partial charge in [-0.25, -0.2) is 0 Å². The van der Waals surface area contributed by atoms with E-state index in [1.165, 1.54) is 0 Å². The highest BCUT2D eigenvalue weighted by Gasteiger charge is 2.07. The molecule has 0 aliphatic heterocycles. The quantitative estimate of drug-likeness (QED) is 0.821. The van der Waals surface area contributed by atoms with Gasteiger partial charge < -0.3 is 9.47 Å². The van der Waals surface area contributed by atoms with Gasteiger partial charge in [-0.3, -0.25) is 0 Å². The number of rotatable bonds is 4. The average molecular weight is 259 g/mol. The molecule has 0 radical (unpaired) electrons. The average Bonchev–Trinajstić information content (AvgIpc) is 2.20. The highest BCUT2D eigenvalue weighted by molar-refractivity contribution is 9.10. The highest BCUT2D eigenvalue weighted by Crippen LogP contribution is 2.31. The summed E-state index contributed by atoms with van der Waals surface area (Å²) in [6.07, 6.45) is 1.20. The van der Waals surface area contributed by atoms with E-state index in [1.54, 1.807) is 7.11 Å². The first-order valence-electron chi connectivity index (χ1n) is 4.67. The van der Waals surface area contributed by atoms with Crippen molar-refractivity contribution in [2.45, 2.75) is 26.4 Å². The van der Waals surface area contributed by atoms with Gasteiger partial charge in [-0.2, -0.15) is 0 Å². The van der Waals surface area contributed by atoms with Gasteiger partial charge in [0.15, 0.2) is 11.5 Å². The van der Waals surface area contributed by atoms with Gasteiger partial charge in [-0.15, -0.1) is 0 Å². The van der Waals surface area contributed by atoms with Crippen molar-refractivity contribution in [1.82, 2.24) is 0 Å². The summed E-state index contributed by atoms with van der Waals surface area (Å²) in [4.78, 5) is 0. The van der Waals surface area contributed by atoms with Crippen LogP contribution in [0.5, 0.6) is 11.5 Å². The molecule has 14 heavy (non-hydrogen) atoms. The first kappa shape index (κ1) is 11.4. The molecular weight excluding hydrogens is 244 g/mol. The smallest absolute Gasteiger partial charge is 0.161 e. The molecule has 0 fully saturated rings. The Morgan fingerprint density at radius 1 is 1.36 bits per heavy atom. The van der Waals surface area contributed by atoms with E-state index in [-0.39, 0.29) is 6.10 Å². The summed E-state index contributed by atoms with van der Waals surface area (Å²) in [7, 11) is 1.64. The Morgan fingerprint density at radius 2 is 2.07 bits per heavy atom. The van der Waals surface area contributed by atoms with Crippen LogP contribution in [0, 0.1) is 0 Å². The van der Waals surface area contributed by atoms with E-state index in [9.17, 15) is 0 Å². The van der Waals surface area contributed by atoms with E-state index >= 15 is 0 Å². The number of benzene rings is 1. The first-order chi connectivity index (χ1) is 6.67. The molecule has 0 heterocycles. The summed E-state index contributed by atoms with van der Waals surface area (Å²) < 4.78 is 11.9. The Morgan fingerprint density at radius 3 is 2.64 bits per heavy atom. The van der Waals surface area contributed by atoms with Crippen molar-refractivity contribution in [2.75, 3.05) is 7.11 Å². The molecule has 3 heteroatoms. The fourth-order valence-corrected chi connectivity index (χ4v) is 1.38. The van der Waals surface area contributed by atoms with Crippen LogP contribution in [0.15, 0.2) is 22.7 Å². The number of hydrogen-bond acceptors (Lipinski definition) is 2. The normalized spacial score (nSPS) is 12.3. The Bertz CT molecular complexity index is 299. The van der Waals surface area contributed by atoms with E-state index in [0.29, 0.717) is 0 Å². The topological polar surface area (TPSA) is 18.5 Å². The molecular formula is C11H15BrO2. The fraction of sp³-hybridized carbons (Fsp3) is 0.455. The second kappa shape index (κ2) is 5.25. The minimum atomic E-state index is 0.213. The molecule has 0 N–H and O–H groups in total. The van der Waals surface area contributed by atoms with Gasteiger partial charge >= 0.3 is 0 Å². The van der Waals surface area contributed by atoms with Crippen LogP contribution in [-0.2, 0) is 0 Å². The Kier molecular flexibility index (Phi) is 4.26. The molecule has 0 aliphatic rings. The molecule has 1 unspecified atom stereocenters. The first-order valence-corrected chi connectivity index (χ1v) is 5.46. The summed E-state index contributed by atoms with van der Waals surface area (Å²) in [5, 5.41) is 0. The van der Waals surface area contributed by atoms with Crippen molar-refractivity contribution < 1.29 is 9.47 Å². The van der Waals surface area contributed by atoms with Crippen LogP contribution in [0.2, 0.25) is 0 Å². The molecule has 78 valence electrons. The predicted molar refractivity (Wildman–Crippen MR) is 61.1 cm³/mol. The molecule has 0 bridgehead atoms. The van der Waals surface area contributed by atoms with Crippen LogP contribution in [0.4, 0.5) is 0 Å². The Balaban J connectivity index is 2.85. The molecule has 1 aromatic carbocycles. The van der Waals surface area contributed by atoms with E-state index in [2.05, 4.69) is 22.9 Å². The summed E-state index contributed by atoms with van der Waals surface area (Å²) in [5.74, 6) is 1.56. The largest absolute Gasteiger partial charge is 0.493 e. The minimum absolute atomic E-state index is 0.213. The van der Waals surface area contributed by atoms with E-state index in [1.807, 2.05) is 25.1 Å². The van der Waals surface area contributed by atoms with Gasteiger partial charge in [-0.05, 0) is 31.5 Å². The van der Waals surface area contributed by atoms with Crippen molar-refractivity contribution in [2.24, 2.45) is 0 Å². The van der Waals surface area contributed by atoms with Crippen molar-refractivity contribution in [3.05, 3.63) is 22.7 Å². The third-order valence-electron chi connectivity index (χ3n) is 2.03. The van der Waals surface area contributed by atoms with Gasteiger partial charge in [0.1, 0.15) is 0 Å². The van der Waals surface area contributed by atoms with Crippen molar-refractivity contribution in [1.29, 1.82) is 0 Å². The lowest BCUT2D eigenvalue weighted by Gasteiger charge is -2.15. The zero-order chi connectivity index (χ0) is 10.6. The van der Waals surface area contributed by atoms with Crippen LogP contribution in [0.3, 0.4) is 0 Å². The monoisotopic (exact) mass is 258 g/mol. The third kappa shape index (κ3) is 2.91. The lowest BCUT2D eigenvalue weighted by molar-refractivity contribution is 0.207.